The Balaban J connectivity index is 1.80. The van der Waals surface area contributed by atoms with Crippen LogP contribution in [0.4, 0.5) is 0 Å². The molecule has 0 fully saturated rings. The van der Waals surface area contributed by atoms with Gasteiger partial charge in [-0.25, -0.2) is 13.1 Å². The smallest absolute Gasteiger partial charge is 0.211 e. The van der Waals surface area contributed by atoms with Gasteiger partial charge in [-0.15, -0.1) is 0 Å². The first-order valence-corrected chi connectivity index (χ1v) is 9.25. The SMILES string of the molecule is CNS(=O)(=O)CCc1ccc2c(ccn2Cc2ccccc2)c1. The Morgan fingerprint density at radius 1 is 1.00 bits per heavy atom. The average Bonchev–Trinajstić information content (AvgIpc) is 2.96. The Morgan fingerprint density at radius 3 is 2.52 bits per heavy atom. The van der Waals surface area contributed by atoms with Crippen LogP contribution in [-0.2, 0) is 23.0 Å². The van der Waals surface area contributed by atoms with E-state index in [1.807, 2.05) is 24.3 Å². The van der Waals surface area contributed by atoms with E-state index >= 15 is 0 Å². The third-order valence-corrected chi connectivity index (χ3v) is 5.37. The second-order valence-electron chi connectivity index (χ2n) is 5.60. The first-order valence-electron chi connectivity index (χ1n) is 7.60. The molecular formula is C18H20N2O2S. The minimum Gasteiger partial charge on any atom is -0.343 e. The summed E-state index contributed by atoms with van der Waals surface area (Å²) in [6.45, 7) is 0.831. The molecule has 0 atom stereocenters. The van der Waals surface area contributed by atoms with Crippen LogP contribution in [0.3, 0.4) is 0 Å². The highest BCUT2D eigenvalue weighted by Crippen LogP contribution is 2.19. The monoisotopic (exact) mass is 328 g/mol. The van der Waals surface area contributed by atoms with Crippen LogP contribution in [0, 0.1) is 0 Å². The number of benzene rings is 2. The molecule has 0 bridgehead atoms. The second-order valence-corrected chi connectivity index (χ2v) is 7.64. The maximum absolute atomic E-state index is 11.5. The molecule has 1 heterocycles. The van der Waals surface area contributed by atoms with Crippen molar-refractivity contribution in [3.8, 4) is 0 Å². The van der Waals surface area contributed by atoms with Gasteiger partial charge in [-0.1, -0.05) is 36.4 Å². The van der Waals surface area contributed by atoms with Gasteiger partial charge >= 0.3 is 0 Å². The van der Waals surface area contributed by atoms with Crippen molar-refractivity contribution >= 4 is 20.9 Å². The Hall–Kier alpha value is -2.11. The van der Waals surface area contributed by atoms with Gasteiger partial charge in [0.1, 0.15) is 0 Å². The van der Waals surface area contributed by atoms with Crippen LogP contribution in [0.2, 0.25) is 0 Å². The van der Waals surface area contributed by atoms with Gasteiger partial charge in [0.05, 0.1) is 5.75 Å². The van der Waals surface area contributed by atoms with E-state index in [0.29, 0.717) is 6.42 Å². The molecule has 1 N–H and O–H groups in total. The van der Waals surface area contributed by atoms with E-state index in [0.717, 1.165) is 23.0 Å². The highest BCUT2D eigenvalue weighted by molar-refractivity contribution is 7.89. The van der Waals surface area contributed by atoms with Crippen molar-refractivity contribution < 1.29 is 8.42 Å². The van der Waals surface area contributed by atoms with Gasteiger partial charge < -0.3 is 4.57 Å². The molecule has 0 amide bonds. The maximum atomic E-state index is 11.5. The van der Waals surface area contributed by atoms with Crippen LogP contribution in [-0.4, -0.2) is 25.8 Å². The second kappa shape index (κ2) is 6.56. The zero-order valence-electron chi connectivity index (χ0n) is 13.1. The number of aromatic nitrogens is 1. The number of sulfonamides is 1. The van der Waals surface area contributed by atoms with Crippen LogP contribution in [0.1, 0.15) is 11.1 Å². The van der Waals surface area contributed by atoms with E-state index in [-0.39, 0.29) is 5.75 Å². The van der Waals surface area contributed by atoms with Gasteiger partial charge in [0.15, 0.2) is 0 Å². The molecule has 3 rings (SSSR count). The maximum Gasteiger partial charge on any atom is 0.211 e. The van der Waals surface area contributed by atoms with Crippen LogP contribution in [0.15, 0.2) is 60.8 Å². The van der Waals surface area contributed by atoms with Crippen LogP contribution < -0.4 is 4.72 Å². The van der Waals surface area contributed by atoms with Gasteiger partial charge in [-0.05, 0) is 48.2 Å². The molecule has 0 aliphatic rings. The van der Waals surface area contributed by atoms with E-state index < -0.39 is 10.0 Å². The molecule has 1 aromatic heterocycles. The van der Waals surface area contributed by atoms with E-state index in [9.17, 15) is 8.42 Å². The lowest BCUT2D eigenvalue weighted by Gasteiger charge is -2.07. The Bertz CT molecular complexity index is 899. The zero-order valence-corrected chi connectivity index (χ0v) is 13.9. The molecule has 4 nitrogen and oxygen atoms in total. The van der Waals surface area contributed by atoms with Crippen molar-refractivity contribution in [2.75, 3.05) is 12.8 Å². The summed E-state index contributed by atoms with van der Waals surface area (Å²) in [6.07, 6.45) is 2.59. The predicted octanol–water partition coefficient (Wildman–Crippen LogP) is 2.78. The molecule has 2 aromatic carbocycles. The highest BCUT2D eigenvalue weighted by atomic mass is 32.2. The van der Waals surface area contributed by atoms with Gasteiger partial charge in [-0.2, -0.15) is 0 Å². The first kappa shape index (κ1) is 15.8. The summed E-state index contributed by atoms with van der Waals surface area (Å²) >= 11 is 0. The summed E-state index contributed by atoms with van der Waals surface area (Å²) < 4.78 is 27.6. The number of hydrogen-bond donors (Lipinski definition) is 1. The number of hydrogen-bond acceptors (Lipinski definition) is 2. The Morgan fingerprint density at radius 2 is 1.78 bits per heavy atom. The number of nitrogens with one attached hydrogen (secondary N) is 1. The molecule has 0 aliphatic carbocycles. The molecule has 120 valence electrons. The van der Waals surface area contributed by atoms with Gasteiger partial charge in [-0.3, -0.25) is 0 Å². The lowest BCUT2D eigenvalue weighted by molar-refractivity contribution is 0.587. The first-order chi connectivity index (χ1) is 11.1. The van der Waals surface area contributed by atoms with Crippen molar-refractivity contribution in [3.63, 3.8) is 0 Å². The van der Waals surface area contributed by atoms with Crippen molar-refractivity contribution in [1.82, 2.24) is 9.29 Å². The normalized spacial score (nSPS) is 11.9. The number of fused-ring (bicyclic) bond motifs is 1. The minimum absolute atomic E-state index is 0.111. The Kier molecular flexibility index (Phi) is 4.50. The molecule has 0 spiro atoms. The van der Waals surface area contributed by atoms with Crippen molar-refractivity contribution in [1.29, 1.82) is 0 Å². The third kappa shape index (κ3) is 3.81. The van der Waals surface area contributed by atoms with Gasteiger partial charge in [0.2, 0.25) is 10.0 Å². The number of rotatable bonds is 6. The summed E-state index contributed by atoms with van der Waals surface area (Å²) in [5.74, 6) is 0.111. The van der Waals surface area contributed by atoms with Crippen LogP contribution in [0.5, 0.6) is 0 Å². The van der Waals surface area contributed by atoms with E-state index in [1.165, 1.54) is 12.6 Å². The third-order valence-electron chi connectivity index (χ3n) is 4.00. The molecule has 23 heavy (non-hydrogen) atoms. The summed E-state index contributed by atoms with van der Waals surface area (Å²) in [5.41, 5.74) is 3.46. The lowest BCUT2D eigenvalue weighted by atomic mass is 10.1. The molecule has 3 aromatic rings. The van der Waals surface area contributed by atoms with Crippen molar-refractivity contribution in [2.24, 2.45) is 0 Å². The van der Waals surface area contributed by atoms with Crippen molar-refractivity contribution in [3.05, 3.63) is 71.9 Å². The number of nitrogens with zero attached hydrogens (tertiary/aromatic N) is 1. The van der Waals surface area contributed by atoms with Crippen LogP contribution in [0.25, 0.3) is 10.9 Å². The largest absolute Gasteiger partial charge is 0.343 e. The lowest BCUT2D eigenvalue weighted by Crippen LogP contribution is -2.23. The topological polar surface area (TPSA) is 51.1 Å². The minimum atomic E-state index is -3.16. The Labute approximate surface area is 136 Å². The molecule has 0 saturated carbocycles. The molecular weight excluding hydrogens is 308 g/mol. The van der Waals surface area contributed by atoms with Crippen LogP contribution >= 0.6 is 0 Å². The highest BCUT2D eigenvalue weighted by Gasteiger charge is 2.08. The molecule has 0 radical (unpaired) electrons. The quantitative estimate of drug-likeness (QED) is 0.756. The molecule has 5 heteroatoms. The van der Waals surface area contributed by atoms with Gasteiger partial charge in [0.25, 0.3) is 0 Å². The van der Waals surface area contributed by atoms with E-state index in [2.05, 4.69) is 45.8 Å². The summed E-state index contributed by atoms with van der Waals surface area (Å²) in [5, 5.41) is 1.14. The summed E-state index contributed by atoms with van der Waals surface area (Å²) in [6, 6.07) is 18.6. The summed E-state index contributed by atoms with van der Waals surface area (Å²) in [4.78, 5) is 0. The van der Waals surface area contributed by atoms with Gasteiger partial charge in [0, 0.05) is 18.3 Å². The summed E-state index contributed by atoms with van der Waals surface area (Å²) in [7, 11) is -1.72. The van der Waals surface area contributed by atoms with E-state index in [1.54, 1.807) is 0 Å². The molecule has 0 unspecified atom stereocenters. The standard InChI is InChI=1S/C18H20N2O2S/c1-19-23(21,22)12-10-15-7-8-18-17(13-15)9-11-20(18)14-16-5-3-2-4-6-16/h2-9,11,13,19H,10,12,14H2,1H3. The average molecular weight is 328 g/mol. The molecule has 0 aliphatic heterocycles. The fourth-order valence-corrected chi connectivity index (χ4v) is 3.39. The fraction of sp³-hybridized carbons (Fsp3) is 0.222. The molecule has 0 saturated heterocycles. The fourth-order valence-electron chi connectivity index (χ4n) is 2.68. The number of aryl methyl sites for hydroxylation is 1. The van der Waals surface area contributed by atoms with E-state index in [4.69, 9.17) is 0 Å². The van der Waals surface area contributed by atoms with Crippen molar-refractivity contribution in [2.45, 2.75) is 13.0 Å². The zero-order chi connectivity index (χ0) is 16.3. The predicted molar refractivity (Wildman–Crippen MR) is 94.0 cm³/mol.